The highest BCUT2D eigenvalue weighted by Gasteiger charge is 2.22. The summed E-state index contributed by atoms with van der Waals surface area (Å²) >= 11 is 0. The van der Waals surface area contributed by atoms with Gasteiger partial charge in [-0.1, -0.05) is 62.4 Å². The zero-order valence-electron chi connectivity index (χ0n) is 17.4. The summed E-state index contributed by atoms with van der Waals surface area (Å²) in [6, 6.07) is 18.5. The average Bonchev–Trinajstić information content (AvgIpc) is 3.21. The van der Waals surface area contributed by atoms with Crippen molar-refractivity contribution in [1.29, 1.82) is 0 Å². The van der Waals surface area contributed by atoms with Crippen molar-refractivity contribution in [3.8, 4) is 5.69 Å². The molecule has 2 aromatic carbocycles. The fourth-order valence-corrected chi connectivity index (χ4v) is 3.18. The Balaban J connectivity index is 1.59. The molecule has 156 valence electrons. The molecule has 0 aliphatic heterocycles. The van der Waals surface area contributed by atoms with Crippen LogP contribution in [0, 0.1) is 5.92 Å². The summed E-state index contributed by atoms with van der Waals surface area (Å²) in [6.07, 6.45) is 4.80. The molecule has 0 bridgehead atoms. The van der Waals surface area contributed by atoms with Gasteiger partial charge in [-0.2, -0.15) is 5.10 Å². The van der Waals surface area contributed by atoms with E-state index < -0.39 is 6.04 Å². The molecule has 3 rings (SSSR count). The zero-order chi connectivity index (χ0) is 21.3. The van der Waals surface area contributed by atoms with Crippen LogP contribution in [0.5, 0.6) is 0 Å². The van der Waals surface area contributed by atoms with Gasteiger partial charge in [-0.3, -0.25) is 9.59 Å². The van der Waals surface area contributed by atoms with Crippen LogP contribution in [0.15, 0.2) is 73.1 Å². The summed E-state index contributed by atoms with van der Waals surface area (Å²) in [5, 5.41) is 10.2. The number of hydrogen-bond donors (Lipinski definition) is 2. The van der Waals surface area contributed by atoms with Crippen LogP contribution < -0.4 is 10.6 Å². The monoisotopic (exact) mass is 404 g/mol. The number of carbonyl (C=O) groups excluding carboxylic acids is 2. The Morgan fingerprint density at radius 1 is 1.00 bits per heavy atom. The molecule has 0 saturated carbocycles. The van der Waals surface area contributed by atoms with Crippen molar-refractivity contribution in [2.75, 3.05) is 6.54 Å². The van der Waals surface area contributed by atoms with E-state index >= 15 is 0 Å². The molecule has 3 aromatic rings. The van der Waals surface area contributed by atoms with Crippen LogP contribution in [0.2, 0.25) is 0 Å². The Hall–Kier alpha value is -3.41. The van der Waals surface area contributed by atoms with Gasteiger partial charge in [-0.15, -0.1) is 0 Å². The molecule has 0 saturated heterocycles. The van der Waals surface area contributed by atoms with Crippen molar-refractivity contribution in [3.63, 3.8) is 0 Å². The van der Waals surface area contributed by atoms with E-state index in [-0.39, 0.29) is 17.7 Å². The van der Waals surface area contributed by atoms with Gasteiger partial charge < -0.3 is 10.6 Å². The predicted octanol–water partition coefficient (Wildman–Crippen LogP) is 3.43. The number of hydrogen-bond acceptors (Lipinski definition) is 3. The number of rotatable bonds is 9. The fourth-order valence-electron chi connectivity index (χ4n) is 3.18. The Morgan fingerprint density at radius 2 is 1.67 bits per heavy atom. The van der Waals surface area contributed by atoms with Crippen LogP contribution >= 0.6 is 0 Å². The first kappa shape index (κ1) is 21.3. The molecule has 6 heteroatoms. The molecule has 0 aliphatic rings. The number of amides is 2. The van der Waals surface area contributed by atoms with E-state index in [2.05, 4.69) is 15.7 Å². The summed E-state index contributed by atoms with van der Waals surface area (Å²) in [5.74, 6) is -0.113. The molecule has 2 amide bonds. The van der Waals surface area contributed by atoms with Gasteiger partial charge in [0.2, 0.25) is 11.8 Å². The Kier molecular flexibility index (Phi) is 7.38. The number of carbonyl (C=O) groups is 2. The molecule has 1 heterocycles. The highest BCUT2D eigenvalue weighted by Crippen LogP contribution is 2.14. The summed E-state index contributed by atoms with van der Waals surface area (Å²) < 4.78 is 1.82. The number of benzene rings is 2. The maximum Gasteiger partial charge on any atom is 0.247 e. The lowest BCUT2D eigenvalue weighted by Crippen LogP contribution is -2.41. The second-order valence-electron chi connectivity index (χ2n) is 7.68. The highest BCUT2D eigenvalue weighted by molar-refractivity contribution is 5.88. The number of para-hydroxylation sites is 1. The predicted molar refractivity (Wildman–Crippen MR) is 117 cm³/mol. The van der Waals surface area contributed by atoms with E-state index in [0.29, 0.717) is 19.4 Å². The van der Waals surface area contributed by atoms with Crippen molar-refractivity contribution in [2.45, 2.75) is 32.7 Å². The zero-order valence-corrected chi connectivity index (χ0v) is 17.4. The number of nitrogens with one attached hydrogen (secondary N) is 2. The topological polar surface area (TPSA) is 76.0 Å². The Morgan fingerprint density at radius 3 is 2.33 bits per heavy atom. The van der Waals surface area contributed by atoms with Crippen LogP contribution in [0.4, 0.5) is 0 Å². The minimum atomic E-state index is -0.704. The van der Waals surface area contributed by atoms with Crippen LogP contribution in [0.1, 0.15) is 37.4 Å². The van der Waals surface area contributed by atoms with E-state index in [1.54, 1.807) is 6.20 Å². The lowest BCUT2D eigenvalue weighted by Gasteiger charge is -2.19. The van der Waals surface area contributed by atoms with Gasteiger partial charge in [-0.25, -0.2) is 4.68 Å². The third-order valence-corrected chi connectivity index (χ3v) is 4.66. The second kappa shape index (κ2) is 10.4. The molecule has 1 aromatic heterocycles. The summed E-state index contributed by atoms with van der Waals surface area (Å²) in [7, 11) is 0. The van der Waals surface area contributed by atoms with Crippen molar-refractivity contribution >= 4 is 11.8 Å². The van der Waals surface area contributed by atoms with Crippen molar-refractivity contribution < 1.29 is 9.59 Å². The Bertz CT molecular complexity index is 952. The van der Waals surface area contributed by atoms with E-state index in [1.807, 2.05) is 85.4 Å². The van der Waals surface area contributed by atoms with E-state index in [4.69, 9.17) is 0 Å². The fraction of sp³-hybridized carbons (Fsp3) is 0.292. The van der Waals surface area contributed by atoms with Crippen LogP contribution in [-0.2, 0) is 16.0 Å². The second-order valence-corrected chi connectivity index (χ2v) is 7.68. The standard InChI is InChI=1S/C24H28N4O2/c1-18(2)15-22(29)27-23(20-9-5-3-6-10-20)24(30)25-14-13-19-16-26-28(17-19)21-11-7-4-8-12-21/h3-12,16-18,23H,13-15H2,1-2H3,(H,25,30)(H,27,29). The normalized spacial score (nSPS) is 11.8. The molecule has 0 spiro atoms. The first-order valence-electron chi connectivity index (χ1n) is 10.2. The largest absolute Gasteiger partial charge is 0.354 e. The van der Waals surface area contributed by atoms with Gasteiger partial charge in [0.05, 0.1) is 11.9 Å². The molecular weight excluding hydrogens is 376 g/mol. The minimum absolute atomic E-state index is 0.127. The molecule has 0 aliphatic carbocycles. The molecule has 30 heavy (non-hydrogen) atoms. The highest BCUT2D eigenvalue weighted by atomic mass is 16.2. The van der Waals surface area contributed by atoms with E-state index in [9.17, 15) is 9.59 Å². The SMILES string of the molecule is CC(C)CC(=O)NC(C(=O)NCCc1cnn(-c2ccccc2)c1)c1ccccc1. The van der Waals surface area contributed by atoms with Crippen LogP contribution in [-0.4, -0.2) is 28.1 Å². The van der Waals surface area contributed by atoms with Gasteiger partial charge >= 0.3 is 0 Å². The molecular formula is C24H28N4O2. The maximum absolute atomic E-state index is 12.8. The summed E-state index contributed by atoms with van der Waals surface area (Å²) in [6.45, 7) is 4.42. The smallest absolute Gasteiger partial charge is 0.247 e. The van der Waals surface area contributed by atoms with Gasteiger partial charge in [-0.05, 0) is 35.6 Å². The van der Waals surface area contributed by atoms with Crippen LogP contribution in [0.3, 0.4) is 0 Å². The molecule has 2 N–H and O–H groups in total. The third kappa shape index (κ3) is 6.04. The third-order valence-electron chi connectivity index (χ3n) is 4.66. The van der Waals surface area contributed by atoms with Gasteiger partial charge in [0, 0.05) is 19.2 Å². The lowest BCUT2D eigenvalue weighted by atomic mass is 10.0. The van der Waals surface area contributed by atoms with Gasteiger partial charge in [0.25, 0.3) is 0 Å². The first-order valence-corrected chi connectivity index (χ1v) is 10.2. The molecule has 1 atom stereocenters. The first-order chi connectivity index (χ1) is 14.5. The van der Waals surface area contributed by atoms with E-state index in [1.165, 1.54) is 0 Å². The molecule has 6 nitrogen and oxygen atoms in total. The maximum atomic E-state index is 12.8. The van der Waals surface area contributed by atoms with Crippen molar-refractivity contribution in [3.05, 3.63) is 84.2 Å². The number of nitrogens with zero attached hydrogens (tertiary/aromatic N) is 2. The quantitative estimate of drug-likeness (QED) is 0.574. The van der Waals surface area contributed by atoms with Crippen molar-refractivity contribution in [1.82, 2.24) is 20.4 Å². The minimum Gasteiger partial charge on any atom is -0.354 e. The summed E-state index contributed by atoms with van der Waals surface area (Å²) in [5.41, 5.74) is 2.79. The Labute approximate surface area is 177 Å². The van der Waals surface area contributed by atoms with Gasteiger partial charge in [0.1, 0.15) is 6.04 Å². The van der Waals surface area contributed by atoms with E-state index in [0.717, 1.165) is 16.8 Å². The van der Waals surface area contributed by atoms with Crippen LogP contribution in [0.25, 0.3) is 5.69 Å². The summed E-state index contributed by atoms with van der Waals surface area (Å²) in [4.78, 5) is 25.1. The van der Waals surface area contributed by atoms with Gasteiger partial charge in [0.15, 0.2) is 0 Å². The average molecular weight is 405 g/mol. The van der Waals surface area contributed by atoms with Crippen molar-refractivity contribution in [2.24, 2.45) is 5.92 Å². The number of aromatic nitrogens is 2. The molecule has 1 unspecified atom stereocenters. The molecule has 0 fully saturated rings. The molecule has 0 radical (unpaired) electrons. The lowest BCUT2D eigenvalue weighted by molar-refractivity contribution is -0.129.